The van der Waals surface area contributed by atoms with Crippen molar-refractivity contribution in [3.63, 3.8) is 0 Å². The first-order chi connectivity index (χ1) is 26.9. The number of ether oxygens (including phenoxy) is 4. The Bertz CT molecular complexity index is 1730. The molecule has 0 aromatic heterocycles. The molecular weight excluding hydrogens is 691 g/mol. The maximum atomic E-state index is 11.5. The lowest BCUT2D eigenvalue weighted by Gasteiger charge is -2.26. The van der Waals surface area contributed by atoms with Crippen LogP contribution in [-0.4, -0.2) is 44.3 Å². The minimum atomic E-state index is -0.428. The van der Waals surface area contributed by atoms with Gasteiger partial charge in [-0.25, -0.2) is 14.4 Å². The maximum Gasteiger partial charge on any atom is 0.330 e. The minimum Gasteiger partial charge on any atom is -0.494 e. The number of unbranched alkanes of at least 4 members (excludes halogenated alkanes) is 7. The fraction of sp³-hybridized carbons (Fsp3) is 0.298. The van der Waals surface area contributed by atoms with Crippen LogP contribution in [0.4, 0.5) is 17.1 Å². The van der Waals surface area contributed by atoms with Crippen LogP contribution < -0.4 is 9.64 Å². The van der Waals surface area contributed by atoms with E-state index in [1.807, 2.05) is 36.4 Å². The summed E-state index contributed by atoms with van der Waals surface area (Å²) in [5.74, 6) is -0.335. The van der Waals surface area contributed by atoms with E-state index in [0.717, 1.165) is 77.2 Å². The lowest BCUT2D eigenvalue weighted by atomic mass is 10.0. The van der Waals surface area contributed by atoms with Gasteiger partial charge in [-0.2, -0.15) is 0 Å². The van der Waals surface area contributed by atoms with Gasteiger partial charge in [-0.1, -0.05) is 107 Å². The van der Waals surface area contributed by atoms with E-state index in [4.69, 9.17) is 18.9 Å². The van der Waals surface area contributed by atoms with Gasteiger partial charge in [0.05, 0.1) is 26.4 Å². The Hall–Kier alpha value is -5.89. The van der Waals surface area contributed by atoms with Crippen molar-refractivity contribution < 1.29 is 33.3 Å². The van der Waals surface area contributed by atoms with Gasteiger partial charge in [0.25, 0.3) is 0 Å². The molecule has 4 aromatic rings. The predicted molar refractivity (Wildman–Crippen MR) is 220 cm³/mol. The molecule has 0 spiro atoms. The Kier molecular flexibility index (Phi) is 18.0. The molecule has 0 saturated carbocycles. The van der Waals surface area contributed by atoms with Gasteiger partial charge in [0.2, 0.25) is 0 Å². The average molecular weight is 744 g/mol. The summed E-state index contributed by atoms with van der Waals surface area (Å²) in [6.45, 7) is 12.0. The van der Waals surface area contributed by atoms with Crippen LogP contribution in [0.3, 0.4) is 0 Å². The molecule has 0 amide bonds. The summed E-state index contributed by atoms with van der Waals surface area (Å²) in [5, 5.41) is 0. The summed E-state index contributed by atoms with van der Waals surface area (Å²) in [4.78, 5) is 36.1. The molecule has 0 N–H and O–H groups in total. The number of rotatable bonds is 25. The molecule has 288 valence electrons. The molecule has 0 fully saturated rings. The van der Waals surface area contributed by atoms with Crippen LogP contribution in [0.2, 0.25) is 0 Å². The lowest BCUT2D eigenvalue weighted by molar-refractivity contribution is -0.138. The number of carbonyl (C=O) groups excluding carboxylic acids is 3. The second-order valence-electron chi connectivity index (χ2n) is 13.0. The van der Waals surface area contributed by atoms with E-state index in [0.29, 0.717) is 26.1 Å². The SMILES string of the molecule is C=CC(=O)OCCCCCCCCCCOc1ccc(-c2ccc(N(c3ccc(CCOC(=O)C=C)cc3)c3ccc(CCOC(=O)C=C)cc3)cc2)cc1. The number of benzene rings is 4. The van der Waals surface area contributed by atoms with E-state index in [1.54, 1.807) is 0 Å². The normalized spacial score (nSPS) is 10.5. The molecule has 0 heterocycles. The molecule has 4 aromatic carbocycles. The summed E-state index contributed by atoms with van der Waals surface area (Å²) in [6, 6.07) is 33.2. The number of hydrogen-bond donors (Lipinski definition) is 0. The molecule has 55 heavy (non-hydrogen) atoms. The summed E-state index contributed by atoms with van der Waals surface area (Å²) in [5.41, 5.74) is 7.27. The van der Waals surface area contributed by atoms with Gasteiger partial charge in [0.15, 0.2) is 0 Å². The largest absolute Gasteiger partial charge is 0.494 e. The first-order valence-corrected chi connectivity index (χ1v) is 19.1. The molecule has 0 aliphatic carbocycles. The van der Waals surface area contributed by atoms with Crippen molar-refractivity contribution in [3.8, 4) is 16.9 Å². The van der Waals surface area contributed by atoms with E-state index < -0.39 is 11.9 Å². The van der Waals surface area contributed by atoms with E-state index >= 15 is 0 Å². The van der Waals surface area contributed by atoms with E-state index in [9.17, 15) is 14.4 Å². The van der Waals surface area contributed by atoms with Gasteiger partial charge in [-0.3, -0.25) is 0 Å². The van der Waals surface area contributed by atoms with Gasteiger partial charge in [0, 0.05) is 48.1 Å². The van der Waals surface area contributed by atoms with Crippen LogP contribution in [0.1, 0.15) is 62.5 Å². The number of esters is 3. The highest BCUT2D eigenvalue weighted by Gasteiger charge is 2.14. The monoisotopic (exact) mass is 743 g/mol. The smallest absolute Gasteiger partial charge is 0.330 e. The zero-order chi connectivity index (χ0) is 39.1. The van der Waals surface area contributed by atoms with Crippen LogP contribution >= 0.6 is 0 Å². The predicted octanol–water partition coefficient (Wildman–Crippen LogP) is 10.6. The number of hydrogen-bond acceptors (Lipinski definition) is 8. The standard InChI is InChI=1S/C47H53NO7/c1-4-45(49)53-34-14-12-10-8-7-9-11-13-33-52-44-29-21-40(22-30-44)39-19-27-43(28-20-39)48(41-23-15-37(16-24-41)31-35-54-46(50)5-2)42-25-17-38(18-26-42)32-36-55-47(51)6-3/h4-6,15-30H,1-3,7-14,31-36H2. The zero-order valence-electron chi connectivity index (χ0n) is 31.8. The molecule has 0 saturated heterocycles. The van der Waals surface area contributed by atoms with Crippen molar-refractivity contribution in [1.82, 2.24) is 0 Å². The topological polar surface area (TPSA) is 91.4 Å². The Morgan fingerprint density at radius 3 is 1.20 bits per heavy atom. The summed E-state index contributed by atoms with van der Waals surface area (Å²) in [6.07, 6.45) is 13.7. The third-order valence-corrected chi connectivity index (χ3v) is 9.02. The van der Waals surface area contributed by atoms with Crippen molar-refractivity contribution in [1.29, 1.82) is 0 Å². The Labute approximate surface area is 326 Å². The Balaban J connectivity index is 1.32. The molecular formula is C47H53NO7. The van der Waals surface area contributed by atoms with Crippen LogP contribution in [0.25, 0.3) is 11.1 Å². The maximum absolute atomic E-state index is 11.5. The highest BCUT2D eigenvalue weighted by Crippen LogP contribution is 2.36. The summed E-state index contributed by atoms with van der Waals surface area (Å²) in [7, 11) is 0. The summed E-state index contributed by atoms with van der Waals surface area (Å²) < 4.78 is 21.4. The second kappa shape index (κ2) is 23.7. The van der Waals surface area contributed by atoms with Crippen molar-refractivity contribution in [2.24, 2.45) is 0 Å². The second-order valence-corrected chi connectivity index (χ2v) is 13.0. The number of anilines is 3. The van der Waals surface area contributed by atoms with Crippen LogP contribution in [0.5, 0.6) is 5.75 Å². The molecule has 0 aliphatic rings. The van der Waals surface area contributed by atoms with Crippen molar-refractivity contribution in [2.75, 3.05) is 31.3 Å². The van der Waals surface area contributed by atoms with Crippen molar-refractivity contribution in [2.45, 2.75) is 64.2 Å². The molecule has 0 bridgehead atoms. The van der Waals surface area contributed by atoms with Crippen molar-refractivity contribution >= 4 is 35.0 Å². The zero-order valence-corrected chi connectivity index (χ0v) is 31.8. The molecule has 4 rings (SSSR count). The Morgan fingerprint density at radius 1 is 0.436 bits per heavy atom. The van der Waals surface area contributed by atoms with E-state index in [2.05, 4.69) is 85.3 Å². The van der Waals surface area contributed by atoms with Gasteiger partial charge in [0.1, 0.15) is 5.75 Å². The van der Waals surface area contributed by atoms with Gasteiger partial charge >= 0.3 is 17.9 Å². The van der Waals surface area contributed by atoms with E-state index in [1.165, 1.54) is 37.5 Å². The fourth-order valence-corrected chi connectivity index (χ4v) is 5.96. The lowest BCUT2D eigenvalue weighted by Crippen LogP contribution is -2.10. The molecule has 8 nitrogen and oxygen atoms in total. The average Bonchev–Trinajstić information content (AvgIpc) is 3.22. The molecule has 8 heteroatoms. The highest BCUT2D eigenvalue weighted by molar-refractivity contribution is 5.82. The van der Waals surface area contributed by atoms with Crippen LogP contribution in [-0.2, 0) is 41.4 Å². The first kappa shape index (κ1) is 41.9. The third kappa shape index (κ3) is 14.8. The number of nitrogens with zero attached hydrogens (tertiary/aromatic N) is 1. The Morgan fingerprint density at radius 2 is 0.782 bits per heavy atom. The van der Waals surface area contributed by atoms with E-state index in [-0.39, 0.29) is 19.2 Å². The van der Waals surface area contributed by atoms with Gasteiger partial charge in [-0.15, -0.1) is 0 Å². The molecule has 0 aliphatic heterocycles. The van der Waals surface area contributed by atoms with Gasteiger partial charge < -0.3 is 23.8 Å². The van der Waals surface area contributed by atoms with Crippen molar-refractivity contribution in [3.05, 3.63) is 146 Å². The summed E-state index contributed by atoms with van der Waals surface area (Å²) >= 11 is 0. The molecule has 0 radical (unpaired) electrons. The molecule has 0 atom stereocenters. The van der Waals surface area contributed by atoms with Gasteiger partial charge in [-0.05, 0) is 83.6 Å². The first-order valence-electron chi connectivity index (χ1n) is 19.1. The third-order valence-electron chi connectivity index (χ3n) is 9.02. The van der Waals surface area contributed by atoms with Crippen LogP contribution in [0.15, 0.2) is 135 Å². The van der Waals surface area contributed by atoms with Crippen LogP contribution in [0, 0.1) is 0 Å². The minimum absolute atomic E-state index is 0.286. The fourth-order valence-electron chi connectivity index (χ4n) is 5.96. The quantitative estimate of drug-likeness (QED) is 0.0287. The molecule has 0 unspecified atom stereocenters. The highest BCUT2D eigenvalue weighted by atomic mass is 16.5. The number of carbonyl (C=O) groups is 3.